The molecule has 0 aliphatic carbocycles. The predicted octanol–water partition coefficient (Wildman–Crippen LogP) is 1.57. The summed E-state index contributed by atoms with van der Waals surface area (Å²) < 4.78 is 10.1. The van der Waals surface area contributed by atoms with Crippen molar-refractivity contribution in [2.75, 3.05) is 21.2 Å². The molecule has 0 aliphatic heterocycles. The lowest BCUT2D eigenvalue weighted by atomic mass is 10.2. The van der Waals surface area contributed by atoms with Crippen molar-refractivity contribution in [2.45, 2.75) is 0 Å². The van der Waals surface area contributed by atoms with Gasteiger partial charge in [0.15, 0.2) is 11.5 Å². The van der Waals surface area contributed by atoms with Crippen LogP contribution in [0.25, 0.3) is 0 Å². The average Bonchev–Trinajstić information content (AvgIpc) is 2.29. The third-order valence-electron chi connectivity index (χ3n) is 1.89. The highest BCUT2D eigenvalue weighted by atomic mass is 16.6. The van der Waals surface area contributed by atoms with Gasteiger partial charge in [0.1, 0.15) is 6.29 Å². The summed E-state index contributed by atoms with van der Waals surface area (Å²) in [5.41, 5.74) is 0.460. The molecule has 0 aromatic heterocycles. The Labute approximate surface area is 93.6 Å². The van der Waals surface area contributed by atoms with Gasteiger partial charge < -0.3 is 14.4 Å². The molecule has 1 aromatic rings. The van der Waals surface area contributed by atoms with E-state index in [2.05, 4.69) is 0 Å². The number of hydrogen-bond acceptors (Lipinski definition) is 4. The molecule has 0 heterocycles. The molecular weight excluding hydrogens is 210 g/mol. The number of hydrogen-bond donors (Lipinski definition) is 0. The third kappa shape index (κ3) is 2.73. The minimum absolute atomic E-state index is 0.284. The smallest absolute Gasteiger partial charge is 0.414 e. The molecule has 86 valence electrons. The van der Waals surface area contributed by atoms with Crippen LogP contribution in [0, 0.1) is 0 Å². The van der Waals surface area contributed by atoms with Gasteiger partial charge in [0.25, 0.3) is 0 Å². The van der Waals surface area contributed by atoms with E-state index in [9.17, 15) is 9.59 Å². The molecule has 0 bridgehead atoms. The zero-order valence-electron chi connectivity index (χ0n) is 9.39. The van der Waals surface area contributed by atoms with Gasteiger partial charge in [-0.3, -0.25) is 4.79 Å². The van der Waals surface area contributed by atoms with Crippen molar-refractivity contribution in [1.82, 2.24) is 4.90 Å². The molecule has 5 nitrogen and oxygen atoms in total. The molecule has 5 heteroatoms. The number of ether oxygens (including phenoxy) is 2. The topological polar surface area (TPSA) is 55.8 Å². The normalized spacial score (nSPS) is 9.44. The highest BCUT2D eigenvalue weighted by Crippen LogP contribution is 2.27. The summed E-state index contributed by atoms with van der Waals surface area (Å²) in [5, 5.41) is 0. The van der Waals surface area contributed by atoms with Crippen molar-refractivity contribution in [3.8, 4) is 11.5 Å². The second-order valence-electron chi connectivity index (χ2n) is 3.29. The van der Waals surface area contributed by atoms with Crippen LogP contribution in [-0.4, -0.2) is 38.5 Å². The fourth-order valence-corrected chi connectivity index (χ4v) is 1.03. The standard InChI is InChI=1S/C11H13NO4/c1-12(2)11(14)16-9-5-4-8(7-13)6-10(9)15-3/h4-7H,1-3H3. The Balaban J connectivity index is 2.95. The van der Waals surface area contributed by atoms with E-state index in [4.69, 9.17) is 9.47 Å². The molecule has 0 fully saturated rings. The molecule has 1 aromatic carbocycles. The van der Waals surface area contributed by atoms with Crippen LogP contribution in [0.4, 0.5) is 4.79 Å². The second kappa shape index (κ2) is 5.16. The van der Waals surface area contributed by atoms with Gasteiger partial charge in [0, 0.05) is 19.7 Å². The summed E-state index contributed by atoms with van der Waals surface area (Å²) in [7, 11) is 4.60. The first-order valence-corrected chi connectivity index (χ1v) is 4.61. The van der Waals surface area contributed by atoms with Crippen LogP contribution in [0.5, 0.6) is 11.5 Å². The maximum atomic E-state index is 11.3. The minimum atomic E-state index is -0.503. The molecule has 0 N–H and O–H groups in total. The van der Waals surface area contributed by atoms with Crippen molar-refractivity contribution in [1.29, 1.82) is 0 Å². The van der Waals surface area contributed by atoms with Crippen molar-refractivity contribution in [2.24, 2.45) is 0 Å². The molecule has 0 saturated heterocycles. The van der Waals surface area contributed by atoms with Gasteiger partial charge in [0.05, 0.1) is 7.11 Å². The third-order valence-corrected chi connectivity index (χ3v) is 1.89. The van der Waals surface area contributed by atoms with E-state index >= 15 is 0 Å². The molecule has 1 amide bonds. The van der Waals surface area contributed by atoms with E-state index in [0.717, 1.165) is 0 Å². The lowest BCUT2D eigenvalue weighted by Crippen LogP contribution is -2.25. The Bertz CT molecular complexity index is 401. The van der Waals surface area contributed by atoms with Gasteiger partial charge >= 0.3 is 6.09 Å². The quantitative estimate of drug-likeness (QED) is 0.730. The van der Waals surface area contributed by atoms with Gasteiger partial charge in [0.2, 0.25) is 0 Å². The lowest BCUT2D eigenvalue weighted by Gasteiger charge is -2.13. The number of carbonyl (C=O) groups excluding carboxylic acids is 2. The number of methoxy groups -OCH3 is 1. The molecule has 0 atom stereocenters. The van der Waals surface area contributed by atoms with E-state index in [-0.39, 0.29) is 5.75 Å². The lowest BCUT2D eigenvalue weighted by molar-refractivity contribution is 0.112. The van der Waals surface area contributed by atoms with E-state index < -0.39 is 6.09 Å². The van der Waals surface area contributed by atoms with Crippen molar-refractivity contribution in [3.63, 3.8) is 0 Å². The molecule has 0 radical (unpaired) electrons. The number of rotatable bonds is 3. The van der Waals surface area contributed by atoms with Gasteiger partial charge in [-0.2, -0.15) is 0 Å². The maximum Gasteiger partial charge on any atom is 0.414 e. The zero-order valence-corrected chi connectivity index (χ0v) is 9.39. The Morgan fingerprint density at radius 2 is 2.00 bits per heavy atom. The zero-order chi connectivity index (χ0) is 12.1. The van der Waals surface area contributed by atoms with Crippen molar-refractivity contribution < 1.29 is 19.1 Å². The van der Waals surface area contributed by atoms with Crippen LogP contribution in [0.15, 0.2) is 18.2 Å². The van der Waals surface area contributed by atoms with Crippen LogP contribution < -0.4 is 9.47 Å². The number of benzene rings is 1. The number of nitrogens with zero attached hydrogens (tertiary/aromatic N) is 1. The van der Waals surface area contributed by atoms with Crippen molar-refractivity contribution >= 4 is 12.4 Å². The van der Waals surface area contributed by atoms with E-state index in [1.807, 2.05) is 0 Å². The summed E-state index contributed by atoms with van der Waals surface area (Å²) in [4.78, 5) is 23.2. The van der Waals surface area contributed by atoms with Gasteiger partial charge in [-0.05, 0) is 18.2 Å². The molecule has 0 spiro atoms. The van der Waals surface area contributed by atoms with Crippen molar-refractivity contribution in [3.05, 3.63) is 23.8 Å². The molecule has 0 unspecified atom stereocenters. The number of amides is 1. The summed E-state index contributed by atoms with van der Waals surface area (Å²) in [6.07, 6.45) is 0.192. The van der Waals surface area contributed by atoms with E-state index in [1.54, 1.807) is 20.2 Å². The summed E-state index contributed by atoms with van der Waals surface area (Å²) in [6, 6.07) is 4.57. The highest BCUT2D eigenvalue weighted by molar-refractivity contribution is 5.77. The van der Waals surface area contributed by atoms with E-state index in [1.165, 1.54) is 24.1 Å². The molecule has 0 aliphatic rings. The number of carbonyl (C=O) groups is 2. The van der Waals surface area contributed by atoms with Crippen LogP contribution in [0.3, 0.4) is 0 Å². The second-order valence-corrected chi connectivity index (χ2v) is 3.29. The Kier molecular flexibility index (Phi) is 3.88. The Morgan fingerprint density at radius 3 is 2.50 bits per heavy atom. The monoisotopic (exact) mass is 223 g/mol. The summed E-state index contributed by atoms with van der Waals surface area (Å²) in [5.74, 6) is 0.631. The fraction of sp³-hybridized carbons (Fsp3) is 0.273. The van der Waals surface area contributed by atoms with E-state index in [0.29, 0.717) is 17.6 Å². The van der Waals surface area contributed by atoms with Gasteiger partial charge in [-0.25, -0.2) is 4.79 Å². The largest absolute Gasteiger partial charge is 0.493 e. The number of aldehydes is 1. The van der Waals surface area contributed by atoms with Gasteiger partial charge in [-0.15, -0.1) is 0 Å². The maximum absolute atomic E-state index is 11.3. The first-order valence-electron chi connectivity index (χ1n) is 4.61. The molecular formula is C11H13NO4. The first-order chi connectivity index (χ1) is 7.58. The van der Waals surface area contributed by atoms with Crippen LogP contribution in [-0.2, 0) is 0 Å². The Hall–Kier alpha value is -2.04. The summed E-state index contributed by atoms with van der Waals surface area (Å²) >= 11 is 0. The fourth-order valence-electron chi connectivity index (χ4n) is 1.03. The minimum Gasteiger partial charge on any atom is -0.493 e. The van der Waals surface area contributed by atoms with Crippen LogP contribution >= 0.6 is 0 Å². The van der Waals surface area contributed by atoms with Gasteiger partial charge in [-0.1, -0.05) is 0 Å². The molecule has 0 saturated carbocycles. The molecule has 16 heavy (non-hydrogen) atoms. The average molecular weight is 223 g/mol. The first kappa shape index (κ1) is 12.0. The SMILES string of the molecule is COc1cc(C=O)ccc1OC(=O)N(C)C. The highest BCUT2D eigenvalue weighted by Gasteiger charge is 2.11. The molecule has 1 rings (SSSR count). The predicted molar refractivity (Wildman–Crippen MR) is 58.1 cm³/mol. The Morgan fingerprint density at radius 1 is 1.31 bits per heavy atom. The van der Waals surface area contributed by atoms with Crippen LogP contribution in [0.1, 0.15) is 10.4 Å². The van der Waals surface area contributed by atoms with Crippen LogP contribution in [0.2, 0.25) is 0 Å². The summed E-state index contributed by atoms with van der Waals surface area (Å²) in [6.45, 7) is 0.